The van der Waals surface area contributed by atoms with Crippen molar-refractivity contribution >= 4 is 17.7 Å². The molecule has 1 heterocycles. The summed E-state index contributed by atoms with van der Waals surface area (Å²) in [5.74, 6) is -0.0454. The molecule has 0 bridgehead atoms. The second kappa shape index (κ2) is 10.2. The number of carbonyl (C=O) groups is 3. The Morgan fingerprint density at radius 3 is 2.57 bits per heavy atom. The highest BCUT2D eigenvalue weighted by atomic mass is 16.5. The second-order valence-corrected chi connectivity index (χ2v) is 6.98. The lowest BCUT2D eigenvalue weighted by Crippen LogP contribution is -2.54. The molecule has 30 heavy (non-hydrogen) atoms. The number of hydrogen-bond acceptors (Lipinski definition) is 4. The predicted molar refractivity (Wildman–Crippen MR) is 112 cm³/mol. The van der Waals surface area contributed by atoms with Crippen molar-refractivity contribution in [1.29, 1.82) is 0 Å². The lowest BCUT2D eigenvalue weighted by molar-refractivity contribution is -0.145. The van der Waals surface area contributed by atoms with Crippen LogP contribution in [-0.2, 0) is 27.5 Å². The van der Waals surface area contributed by atoms with Crippen LogP contribution in [0.1, 0.15) is 11.1 Å². The van der Waals surface area contributed by atoms with E-state index in [0.29, 0.717) is 26.2 Å². The molecular weight excluding hydrogens is 382 g/mol. The van der Waals surface area contributed by atoms with E-state index in [4.69, 9.17) is 4.74 Å². The van der Waals surface area contributed by atoms with E-state index in [1.165, 1.54) is 15.9 Å². The first-order valence-corrected chi connectivity index (χ1v) is 9.76. The number of ether oxygens (including phenoxy) is 1. The van der Waals surface area contributed by atoms with Gasteiger partial charge in [-0.05, 0) is 29.3 Å². The van der Waals surface area contributed by atoms with Crippen molar-refractivity contribution in [3.8, 4) is 5.75 Å². The van der Waals surface area contributed by atoms with E-state index in [-0.39, 0.29) is 30.8 Å². The highest BCUT2D eigenvalue weighted by Gasteiger charge is 2.27. The quantitative estimate of drug-likeness (QED) is 0.676. The molecule has 7 nitrogen and oxygen atoms in total. The van der Waals surface area contributed by atoms with Crippen LogP contribution in [0.25, 0.3) is 0 Å². The van der Waals surface area contributed by atoms with Crippen LogP contribution in [0.4, 0.5) is 0 Å². The summed E-state index contributed by atoms with van der Waals surface area (Å²) < 4.78 is 5.81. The van der Waals surface area contributed by atoms with Crippen LogP contribution >= 0.6 is 0 Å². The van der Waals surface area contributed by atoms with Gasteiger partial charge in [-0.3, -0.25) is 14.4 Å². The van der Waals surface area contributed by atoms with Crippen LogP contribution in [-0.4, -0.2) is 53.7 Å². The third-order valence-electron chi connectivity index (χ3n) is 4.78. The Bertz CT molecular complexity index is 914. The minimum absolute atomic E-state index is 0.0286. The summed E-state index contributed by atoms with van der Waals surface area (Å²) in [6, 6.07) is 17.4. The zero-order valence-electron chi connectivity index (χ0n) is 16.8. The maximum Gasteiger partial charge on any atom is 0.246 e. The van der Waals surface area contributed by atoms with Gasteiger partial charge in [-0.15, -0.1) is 0 Å². The van der Waals surface area contributed by atoms with E-state index in [9.17, 15) is 14.4 Å². The molecule has 1 aliphatic heterocycles. The van der Waals surface area contributed by atoms with Gasteiger partial charge in [0.15, 0.2) is 0 Å². The molecule has 0 saturated carbocycles. The highest BCUT2D eigenvalue weighted by Crippen LogP contribution is 2.15. The van der Waals surface area contributed by atoms with E-state index < -0.39 is 0 Å². The molecule has 156 valence electrons. The van der Waals surface area contributed by atoms with Crippen molar-refractivity contribution in [2.24, 2.45) is 0 Å². The van der Waals surface area contributed by atoms with Crippen LogP contribution < -0.4 is 10.1 Å². The summed E-state index contributed by atoms with van der Waals surface area (Å²) in [5.41, 5.74) is 1.98. The second-order valence-electron chi connectivity index (χ2n) is 6.98. The van der Waals surface area contributed by atoms with Gasteiger partial charge in [0.25, 0.3) is 0 Å². The largest absolute Gasteiger partial charge is 0.489 e. The van der Waals surface area contributed by atoms with E-state index in [2.05, 4.69) is 11.9 Å². The molecule has 2 aromatic rings. The molecule has 1 aliphatic rings. The van der Waals surface area contributed by atoms with Crippen molar-refractivity contribution < 1.29 is 19.1 Å². The number of rotatable bonds is 8. The third-order valence-corrected chi connectivity index (χ3v) is 4.78. The molecule has 2 aromatic carbocycles. The van der Waals surface area contributed by atoms with E-state index in [0.717, 1.165) is 16.9 Å². The first-order valence-electron chi connectivity index (χ1n) is 9.76. The maximum atomic E-state index is 12.3. The van der Waals surface area contributed by atoms with E-state index >= 15 is 0 Å². The van der Waals surface area contributed by atoms with Gasteiger partial charge in [-0.25, -0.2) is 0 Å². The Morgan fingerprint density at radius 2 is 1.83 bits per heavy atom. The van der Waals surface area contributed by atoms with Crippen molar-refractivity contribution in [2.45, 2.75) is 13.2 Å². The summed E-state index contributed by atoms with van der Waals surface area (Å²) in [4.78, 5) is 38.9. The molecule has 0 radical (unpaired) electrons. The third kappa shape index (κ3) is 5.94. The molecule has 0 aromatic heterocycles. The monoisotopic (exact) mass is 407 g/mol. The number of piperazine rings is 1. The molecule has 1 N–H and O–H groups in total. The molecule has 1 fully saturated rings. The fraction of sp³-hybridized carbons (Fsp3) is 0.261. The van der Waals surface area contributed by atoms with Crippen LogP contribution in [0.2, 0.25) is 0 Å². The zero-order chi connectivity index (χ0) is 21.3. The fourth-order valence-corrected chi connectivity index (χ4v) is 3.11. The van der Waals surface area contributed by atoms with Crippen molar-refractivity contribution in [3.63, 3.8) is 0 Å². The molecule has 7 heteroatoms. The number of nitrogens with zero attached hydrogens (tertiary/aromatic N) is 2. The van der Waals surface area contributed by atoms with Crippen LogP contribution in [0, 0.1) is 0 Å². The van der Waals surface area contributed by atoms with Gasteiger partial charge in [0.1, 0.15) is 18.9 Å². The molecule has 0 atom stereocenters. The van der Waals surface area contributed by atoms with Gasteiger partial charge in [0, 0.05) is 19.6 Å². The molecule has 0 spiro atoms. The van der Waals surface area contributed by atoms with Crippen molar-refractivity contribution in [1.82, 2.24) is 15.1 Å². The number of carbonyl (C=O) groups excluding carboxylic acids is 3. The van der Waals surface area contributed by atoms with Gasteiger partial charge in [0.2, 0.25) is 17.7 Å². The Labute approximate surface area is 175 Å². The van der Waals surface area contributed by atoms with Crippen LogP contribution in [0.15, 0.2) is 67.3 Å². The summed E-state index contributed by atoms with van der Waals surface area (Å²) in [5, 5.41) is 2.83. The minimum Gasteiger partial charge on any atom is -0.489 e. The van der Waals surface area contributed by atoms with E-state index in [1.54, 1.807) is 0 Å². The first-order chi connectivity index (χ1) is 14.5. The number of amides is 3. The number of benzene rings is 2. The first kappa shape index (κ1) is 21.1. The van der Waals surface area contributed by atoms with Gasteiger partial charge >= 0.3 is 0 Å². The van der Waals surface area contributed by atoms with Crippen molar-refractivity contribution in [3.05, 3.63) is 78.4 Å². The van der Waals surface area contributed by atoms with Gasteiger partial charge in [-0.2, -0.15) is 0 Å². The zero-order valence-corrected chi connectivity index (χ0v) is 16.8. The number of hydrogen-bond donors (Lipinski definition) is 1. The maximum absolute atomic E-state index is 12.3. The Hall–Kier alpha value is -3.61. The van der Waals surface area contributed by atoms with Crippen molar-refractivity contribution in [2.75, 3.05) is 26.2 Å². The van der Waals surface area contributed by atoms with Crippen LogP contribution in [0.5, 0.6) is 5.75 Å². The fourth-order valence-electron chi connectivity index (χ4n) is 3.11. The molecule has 3 amide bonds. The van der Waals surface area contributed by atoms with Gasteiger partial charge in [0.05, 0.1) is 6.54 Å². The molecular formula is C23H25N3O4. The molecule has 0 aliphatic carbocycles. The summed E-state index contributed by atoms with van der Waals surface area (Å²) in [6.45, 7) is 4.90. The normalized spacial score (nSPS) is 13.7. The van der Waals surface area contributed by atoms with Crippen LogP contribution in [0.3, 0.4) is 0 Å². The predicted octanol–water partition coefficient (Wildman–Crippen LogP) is 1.74. The standard InChI is InChI=1S/C23H25N3O4/c1-2-22(28)26-12-11-25(23(29)16-26)15-21(27)24-14-19-9-6-10-20(13-19)30-17-18-7-4-3-5-8-18/h2-10,13H,1,11-12,14-17H2,(H,24,27). The highest BCUT2D eigenvalue weighted by molar-refractivity contribution is 5.93. The lowest BCUT2D eigenvalue weighted by Gasteiger charge is -2.33. The summed E-state index contributed by atoms with van der Waals surface area (Å²) >= 11 is 0. The smallest absolute Gasteiger partial charge is 0.246 e. The number of nitrogens with one attached hydrogen (secondary N) is 1. The van der Waals surface area contributed by atoms with Gasteiger partial charge < -0.3 is 19.9 Å². The Balaban J connectivity index is 1.45. The van der Waals surface area contributed by atoms with E-state index in [1.807, 2.05) is 54.6 Å². The summed E-state index contributed by atoms with van der Waals surface area (Å²) in [7, 11) is 0. The average molecular weight is 407 g/mol. The topological polar surface area (TPSA) is 79.0 Å². The Kier molecular flexibility index (Phi) is 7.21. The molecule has 1 saturated heterocycles. The van der Waals surface area contributed by atoms with Gasteiger partial charge in [-0.1, -0.05) is 49.0 Å². The molecule has 3 rings (SSSR count). The Morgan fingerprint density at radius 1 is 1.07 bits per heavy atom. The average Bonchev–Trinajstić information content (AvgIpc) is 2.78. The SMILES string of the molecule is C=CC(=O)N1CCN(CC(=O)NCc2cccc(OCc3ccccc3)c2)C(=O)C1. The molecule has 0 unspecified atom stereocenters. The lowest BCUT2D eigenvalue weighted by atomic mass is 10.2. The minimum atomic E-state index is -0.276. The summed E-state index contributed by atoms with van der Waals surface area (Å²) in [6.07, 6.45) is 1.19.